The number of nitrogens with one attached hydrogen (secondary N) is 1. The van der Waals surface area contributed by atoms with Gasteiger partial charge >= 0.3 is 5.97 Å². The van der Waals surface area contributed by atoms with Crippen molar-refractivity contribution in [2.75, 3.05) is 13.2 Å². The van der Waals surface area contributed by atoms with Crippen molar-refractivity contribution in [1.29, 1.82) is 0 Å². The first-order valence-corrected chi connectivity index (χ1v) is 26.5. The Labute approximate surface area is 368 Å². The summed E-state index contributed by atoms with van der Waals surface area (Å²) >= 11 is 0. The molecular weight excluding hydrogens is 731 g/mol. The highest BCUT2D eigenvalue weighted by Gasteiger charge is 2.18. The fraction of sp³-hybridized carbons (Fsp3) is 0.925. The second kappa shape index (κ2) is 49.3. The van der Waals surface area contributed by atoms with Crippen molar-refractivity contribution in [3.8, 4) is 0 Å². The number of aliphatic hydroxyl groups is 2. The number of unbranched alkanes of at least 4 members (excludes halogenated alkanes) is 38. The molecule has 3 N–H and O–H groups in total. The highest BCUT2D eigenvalue weighted by molar-refractivity contribution is 5.76. The lowest BCUT2D eigenvalue weighted by atomic mass is 10.0. The average molecular weight is 834 g/mol. The van der Waals surface area contributed by atoms with Gasteiger partial charge in [0.15, 0.2) is 0 Å². The first-order chi connectivity index (χ1) is 29.0. The summed E-state index contributed by atoms with van der Waals surface area (Å²) in [5.41, 5.74) is 0. The maximum Gasteiger partial charge on any atom is 0.305 e. The number of allylic oxidation sites excluding steroid dienone is 1. The lowest BCUT2D eigenvalue weighted by Gasteiger charge is -2.20. The molecule has 0 aromatic carbocycles. The van der Waals surface area contributed by atoms with Crippen molar-refractivity contribution in [2.24, 2.45) is 0 Å². The molecule has 350 valence electrons. The highest BCUT2D eigenvalue weighted by Crippen LogP contribution is 2.16. The minimum Gasteiger partial charge on any atom is -0.466 e. The van der Waals surface area contributed by atoms with Crippen molar-refractivity contribution in [3.05, 3.63) is 12.2 Å². The van der Waals surface area contributed by atoms with Gasteiger partial charge in [-0.2, -0.15) is 0 Å². The minimum absolute atomic E-state index is 0.00682. The summed E-state index contributed by atoms with van der Waals surface area (Å²) in [6.45, 7) is 4.88. The Hall–Kier alpha value is -1.40. The smallest absolute Gasteiger partial charge is 0.305 e. The number of hydrogen-bond donors (Lipinski definition) is 3. The van der Waals surface area contributed by atoms with Crippen LogP contribution in [-0.4, -0.2) is 47.4 Å². The SMILES string of the molecule is CCCCCCCCCCCCC/C=C/C(O)C(CO)NC(=O)CCCCCCCCCCCCCCOC(=O)CCCCCCCCCCCCCCCCCCC. The Balaban J connectivity index is 3.45. The summed E-state index contributed by atoms with van der Waals surface area (Å²) in [7, 11) is 0. The number of ether oxygens (including phenoxy) is 1. The maximum atomic E-state index is 12.4. The average Bonchev–Trinajstić information content (AvgIpc) is 3.24. The van der Waals surface area contributed by atoms with Gasteiger partial charge in [0.1, 0.15) is 0 Å². The van der Waals surface area contributed by atoms with Gasteiger partial charge in [-0.3, -0.25) is 9.59 Å². The van der Waals surface area contributed by atoms with E-state index in [9.17, 15) is 19.8 Å². The van der Waals surface area contributed by atoms with Gasteiger partial charge in [-0.25, -0.2) is 0 Å². The monoisotopic (exact) mass is 834 g/mol. The molecule has 0 rings (SSSR count). The standard InChI is InChI=1S/C53H103NO5/c1-3-5-7-9-11-13-15-17-18-19-20-22-27-31-35-39-43-47-53(58)59-48-44-40-36-32-28-24-23-26-30-34-38-42-46-52(57)54-50(49-55)51(56)45-41-37-33-29-25-21-16-14-12-10-8-6-4-2/h41,45,50-51,55-56H,3-40,42-44,46-49H2,1-2H3,(H,54,57)/b45-41+. The van der Waals surface area contributed by atoms with E-state index >= 15 is 0 Å². The molecular formula is C53H103NO5. The molecule has 0 spiro atoms. The van der Waals surface area contributed by atoms with Gasteiger partial charge in [0.05, 0.1) is 25.4 Å². The quantitative estimate of drug-likeness (QED) is 0.0322. The zero-order valence-electron chi connectivity index (χ0n) is 39.7. The van der Waals surface area contributed by atoms with Crippen LogP contribution in [0.5, 0.6) is 0 Å². The maximum absolute atomic E-state index is 12.4. The largest absolute Gasteiger partial charge is 0.466 e. The molecule has 0 aliphatic heterocycles. The molecule has 0 saturated heterocycles. The molecule has 6 nitrogen and oxygen atoms in total. The van der Waals surface area contributed by atoms with E-state index < -0.39 is 12.1 Å². The van der Waals surface area contributed by atoms with Gasteiger partial charge in [0, 0.05) is 12.8 Å². The Kier molecular flexibility index (Phi) is 48.1. The van der Waals surface area contributed by atoms with Gasteiger partial charge in [-0.15, -0.1) is 0 Å². The molecule has 2 atom stereocenters. The van der Waals surface area contributed by atoms with Crippen molar-refractivity contribution < 1.29 is 24.5 Å². The molecule has 0 saturated carbocycles. The van der Waals surface area contributed by atoms with Crippen LogP contribution in [0.3, 0.4) is 0 Å². The minimum atomic E-state index is -0.852. The zero-order valence-corrected chi connectivity index (χ0v) is 39.7. The molecule has 59 heavy (non-hydrogen) atoms. The van der Waals surface area contributed by atoms with E-state index in [0.29, 0.717) is 19.4 Å². The number of carbonyl (C=O) groups is 2. The number of esters is 1. The van der Waals surface area contributed by atoms with E-state index in [1.807, 2.05) is 6.08 Å². The van der Waals surface area contributed by atoms with E-state index in [0.717, 1.165) is 57.8 Å². The van der Waals surface area contributed by atoms with E-state index in [1.54, 1.807) is 6.08 Å². The van der Waals surface area contributed by atoms with Crippen LogP contribution in [0.1, 0.15) is 290 Å². The van der Waals surface area contributed by atoms with Gasteiger partial charge in [-0.1, -0.05) is 257 Å². The third-order valence-corrected chi connectivity index (χ3v) is 12.3. The fourth-order valence-corrected chi connectivity index (χ4v) is 8.22. The molecule has 0 aliphatic rings. The van der Waals surface area contributed by atoms with Crippen molar-refractivity contribution in [3.63, 3.8) is 0 Å². The van der Waals surface area contributed by atoms with Crippen LogP contribution in [0.25, 0.3) is 0 Å². The number of hydrogen-bond acceptors (Lipinski definition) is 5. The second-order valence-electron chi connectivity index (χ2n) is 18.2. The summed E-state index contributed by atoms with van der Waals surface area (Å²) in [4.78, 5) is 24.5. The molecule has 0 bridgehead atoms. The Morgan fingerprint density at radius 2 is 0.780 bits per heavy atom. The third kappa shape index (κ3) is 45.9. The fourth-order valence-electron chi connectivity index (χ4n) is 8.22. The van der Waals surface area contributed by atoms with Crippen LogP contribution in [-0.2, 0) is 14.3 Å². The molecule has 0 aromatic heterocycles. The molecule has 0 radical (unpaired) electrons. The number of amides is 1. The predicted octanol–water partition coefficient (Wildman–Crippen LogP) is 15.7. The summed E-state index contributed by atoms with van der Waals surface area (Å²) in [5, 5.41) is 23.0. The molecule has 0 aromatic rings. The van der Waals surface area contributed by atoms with Gasteiger partial charge in [-0.05, 0) is 32.1 Å². The summed E-state index contributed by atoms with van der Waals surface area (Å²) in [6.07, 6.45) is 56.4. The molecule has 6 heteroatoms. The van der Waals surface area contributed by atoms with Crippen LogP contribution in [0.15, 0.2) is 12.2 Å². The highest BCUT2D eigenvalue weighted by atomic mass is 16.5. The number of carbonyl (C=O) groups excluding carboxylic acids is 2. The summed E-state index contributed by atoms with van der Waals surface area (Å²) < 4.78 is 5.47. The van der Waals surface area contributed by atoms with E-state index in [1.165, 1.54) is 205 Å². The van der Waals surface area contributed by atoms with Crippen molar-refractivity contribution in [2.45, 2.75) is 302 Å². The first-order valence-electron chi connectivity index (χ1n) is 26.5. The molecule has 2 unspecified atom stereocenters. The van der Waals surface area contributed by atoms with Crippen LogP contribution in [0.4, 0.5) is 0 Å². The normalized spacial score (nSPS) is 12.7. The topological polar surface area (TPSA) is 95.9 Å². The summed E-state index contributed by atoms with van der Waals surface area (Å²) in [6, 6.07) is -0.637. The number of rotatable bonds is 49. The summed E-state index contributed by atoms with van der Waals surface area (Å²) in [5.74, 6) is -0.0894. The van der Waals surface area contributed by atoms with Crippen molar-refractivity contribution in [1.82, 2.24) is 5.32 Å². The van der Waals surface area contributed by atoms with Crippen LogP contribution >= 0.6 is 0 Å². The van der Waals surface area contributed by atoms with E-state index in [2.05, 4.69) is 19.2 Å². The van der Waals surface area contributed by atoms with Gasteiger partial charge < -0.3 is 20.3 Å². The van der Waals surface area contributed by atoms with Crippen molar-refractivity contribution >= 4 is 11.9 Å². The zero-order chi connectivity index (χ0) is 43.0. The Morgan fingerprint density at radius 3 is 1.15 bits per heavy atom. The second-order valence-corrected chi connectivity index (χ2v) is 18.2. The molecule has 1 amide bonds. The van der Waals surface area contributed by atoms with Crippen LogP contribution < -0.4 is 5.32 Å². The molecule has 0 heterocycles. The Morgan fingerprint density at radius 1 is 0.458 bits per heavy atom. The van der Waals surface area contributed by atoms with Crippen LogP contribution in [0.2, 0.25) is 0 Å². The van der Waals surface area contributed by atoms with Gasteiger partial charge in [0.25, 0.3) is 0 Å². The van der Waals surface area contributed by atoms with Crippen LogP contribution in [0, 0.1) is 0 Å². The Bertz CT molecular complexity index is 878. The van der Waals surface area contributed by atoms with E-state index in [-0.39, 0.29) is 18.5 Å². The lowest BCUT2D eigenvalue weighted by molar-refractivity contribution is -0.143. The first kappa shape index (κ1) is 57.6. The van der Waals surface area contributed by atoms with E-state index in [4.69, 9.17) is 4.74 Å². The predicted molar refractivity (Wildman–Crippen MR) is 255 cm³/mol. The number of aliphatic hydroxyl groups excluding tert-OH is 2. The molecule has 0 aliphatic carbocycles. The van der Waals surface area contributed by atoms with Gasteiger partial charge in [0.2, 0.25) is 5.91 Å². The molecule has 0 fully saturated rings. The third-order valence-electron chi connectivity index (χ3n) is 12.3. The lowest BCUT2D eigenvalue weighted by Crippen LogP contribution is -2.45.